The van der Waals surface area contributed by atoms with Crippen molar-refractivity contribution in [2.75, 3.05) is 19.6 Å². The molecule has 1 rings (SSSR count). The highest BCUT2D eigenvalue weighted by Gasteiger charge is 2.10. The Bertz CT molecular complexity index is 309. The van der Waals surface area contributed by atoms with Crippen LogP contribution in [0.4, 0.5) is 0 Å². The van der Waals surface area contributed by atoms with Gasteiger partial charge < -0.3 is 10.6 Å². The summed E-state index contributed by atoms with van der Waals surface area (Å²) in [5.74, 6) is 0.707. The molecule has 0 aromatic carbocycles. The Balaban J connectivity index is 2.33. The SMILES string of the molecule is CCNCCNC(=O)c1n[nH]c(CC)n1. The summed E-state index contributed by atoms with van der Waals surface area (Å²) in [6.45, 7) is 6.21. The molecule has 0 saturated carbocycles. The van der Waals surface area contributed by atoms with Crippen LogP contribution in [0.2, 0.25) is 0 Å². The summed E-state index contributed by atoms with van der Waals surface area (Å²) in [6.07, 6.45) is 0.748. The molecule has 1 amide bonds. The van der Waals surface area contributed by atoms with E-state index in [1.165, 1.54) is 0 Å². The fourth-order valence-electron chi connectivity index (χ4n) is 1.08. The van der Waals surface area contributed by atoms with Crippen LogP contribution in [-0.2, 0) is 6.42 Å². The van der Waals surface area contributed by atoms with Gasteiger partial charge in [-0.2, -0.15) is 0 Å². The number of nitrogens with zero attached hydrogens (tertiary/aromatic N) is 2. The standard InChI is InChI=1S/C9H17N5O/c1-3-7-12-8(14-13-7)9(15)11-6-5-10-4-2/h10H,3-6H2,1-2H3,(H,11,15)(H,12,13,14). The summed E-state index contributed by atoms with van der Waals surface area (Å²) >= 11 is 0. The molecule has 1 heterocycles. The van der Waals surface area contributed by atoms with Crippen LogP contribution in [0, 0.1) is 0 Å². The molecule has 0 unspecified atom stereocenters. The Hall–Kier alpha value is -1.43. The number of likely N-dealkylation sites (N-methyl/N-ethyl adjacent to an activating group) is 1. The van der Waals surface area contributed by atoms with E-state index in [0.717, 1.165) is 25.3 Å². The number of amides is 1. The maximum absolute atomic E-state index is 11.5. The Morgan fingerprint density at radius 2 is 2.20 bits per heavy atom. The zero-order chi connectivity index (χ0) is 11.1. The summed E-state index contributed by atoms with van der Waals surface area (Å²) in [5.41, 5.74) is 0. The molecule has 1 aromatic rings. The third-order valence-electron chi connectivity index (χ3n) is 1.91. The third-order valence-corrected chi connectivity index (χ3v) is 1.91. The van der Waals surface area contributed by atoms with Crippen LogP contribution >= 0.6 is 0 Å². The second-order valence-electron chi connectivity index (χ2n) is 3.07. The van der Waals surface area contributed by atoms with Crippen molar-refractivity contribution in [3.8, 4) is 0 Å². The third kappa shape index (κ3) is 3.67. The van der Waals surface area contributed by atoms with Crippen LogP contribution < -0.4 is 10.6 Å². The monoisotopic (exact) mass is 211 g/mol. The van der Waals surface area contributed by atoms with Crippen LogP contribution in [0.15, 0.2) is 0 Å². The predicted octanol–water partition coefficient (Wildman–Crippen LogP) is -0.294. The van der Waals surface area contributed by atoms with E-state index in [-0.39, 0.29) is 11.7 Å². The number of carbonyl (C=O) groups excluding carboxylic acids is 1. The minimum atomic E-state index is -0.233. The minimum Gasteiger partial charge on any atom is -0.348 e. The largest absolute Gasteiger partial charge is 0.348 e. The molecule has 1 aromatic heterocycles. The number of aromatic amines is 1. The first-order chi connectivity index (χ1) is 7.27. The molecule has 0 radical (unpaired) electrons. The number of H-pyrrole nitrogens is 1. The second kappa shape index (κ2) is 6.13. The number of rotatable bonds is 6. The van der Waals surface area contributed by atoms with E-state index < -0.39 is 0 Å². The minimum absolute atomic E-state index is 0.211. The van der Waals surface area contributed by atoms with Gasteiger partial charge in [0.15, 0.2) is 0 Å². The van der Waals surface area contributed by atoms with Crippen molar-refractivity contribution in [1.29, 1.82) is 0 Å². The maximum Gasteiger partial charge on any atom is 0.291 e. The molecule has 0 spiro atoms. The quantitative estimate of drug-likeness (QED) is 0.564. The van der Waals surface area contributed by atoms with Crippen molar-refractivity contribution >= 4 is 5.91 Å². The molecular formula is C9H17N5O. The van der Waals surface area contributed by atoms with Crippen molar-refractivity contribution in [2.45, 2.75) is 20.3 Å². The fraction of sp³-hybridized carbons (Fsp3) is 0.667. The van der Waals surface area contributed by atoms with Gasteiger partial charge in [0.1, 0.15) is 5.82 Å². The first-order valence-electron chi connectivity index (χ1n) is 5.18. The molecule has 0 aliphatic rings. The Labute approximate surface area is 88.9 Å². The molecule has 0 aliphatic carbocycles. The molecular weight excluding hydrogens is 194 g/mol. The summed E-state index contributed by atoms with van der Waals surface area (Å²) in [4.78, 5) is 15.5. The summed E-state index contributed by atoms with van der Waals surface area (Å²) < 4.78 is 0. The van der Waals surface area contributed by atoms with Gasteiger partial charge in [-0.25, -0.2) is 4.98 Å². The topological polar surface area (TPSA) is 82.7 Å². The molecule has 0 aliphatic heterocycles. The molecule has 0 saturated heterocycles. The average molecular weight is 211 g/mol. The Morgan fingerprint density at radius 1 is 1.40 bits per heavy atom. The summed E-state index contributed by atoms with van der Waals surface area (Å²) in [7, 11) is 0. The van der Waals surface area contributed by atoms with Gasteiger partial charge in [0, 0.05) is 19.5 Å². The van der Waals surface area contributed by atoms with Gasteiger partial charge >= 0.3 is 0 Å². The lowest BCUT2D eigenvalue weighted by atomic mass is 10.4. The smallest absolute Gasteiger partial charge is 0.291 e. The van der Waals surface area contributed by atoms with E-state index in [1.54, 1.807) is 0 Å². The van der Waals surface area contributed by atoms with Gasteiger partial charge in [0.05, 0.1) is 0 Å². The first-order valence-corrected chi connectivity index (χ1v) is 5.18. The van der Waals surface area contributed by atoms with Gasteiger partial charge in [-0.05, 0) is 6.54 Å². The van der Waals surface area contributed by atoms with Gasteiger partial charge in [-0.1, -0.05) is 13.8 Å². The zero-order valence-electron chi connectivity index (χ0n) is 9.13. The van der Waals surface area contributed by atoms with E-state index in [1.807, 2.05) is 13.8 Å². The van der Waals surface area contributed by atoms with Crippen LogP contribution in [-0.4, -0.2) is 40.7 Å². The zero-order valence-corrected chi connectivity index (χ0v) is 9.13. The normalized spacial score (nSPS) is 10.3. The van der Waals surface area contributed by atoms with Gasteiger partial charge in [-0.15, -0.1) is 5.10 Å². The van der Waals surface area contributed by atoms with Crippen LogP contribution in [0.3, 0.4) is 0 Å². The van der Waals surface area contributed by atoms with E-state index in [9.17, 15) is 4.79 Å². The van der Waals surface area contributed by atoms with Crippen molar-refractivity contribution in [1.82, 2.24) is 25.8 Å². The molecule has 3 N–H and O–H groups in total. The molecule has 84 valence electrons. The second-order valence-corrected chi connectivity index (χ2v) is 3.07. The first kappa shape index (κ1) is 11.6. The highest BCUT2D eigenvalue weighted by atomic mass is 16.2. The molecule has 6 nitrogen and oxygen atoms in total. The average Bonchev–Trinajstić information content (AvgIpc) is 2.72. The van der Waals surface area contributed by atoms with E-state index in [2.05, 4.69) is 25.8 Å². The Morgan fingerprint density at radius 3 is 2.80 bits per heavy atom. The van der Waals surface area contributed by atoms with Crippen molar-refractivity contribution < 1.29 is 4.79 Å². The van der Waals surface area contributed by atoms with Gasteiger partial charge in [0.25, 0.3) is 5.91 Å². The molecule has 0 atom stereocenters. The number of aryl methyl sites for hydroxylation is 1. The summed E-state index contributed by atoms with van der Waals surface area (Å²) in [6, 6.07) is 0. The van der Waals surface area contributed by atoms with Gasteiger partial charge in [0.2, 0.25) is 5.82 Å². The van der Waals surface area contributed by atoms with Crippen molar-refractivity contribution in [2.24, 2.45) is 0 Å². The highest BCUT2D eigenvalue weighted by Crippen LogP contribution is 1.92. The fourth-order valence-corrected chi connectivity index (χ4v) is 1.08. The van der Waals surface area contributed by atoms with Crippen molar-refractivity contribution in [3.05, 3.63) is 11.6 Å². The predicted molar refractivity (Wildman–Crippen MR) is 56.6 cm³/mol. The van der Waals surface area contributed by atoms with Crippen LogP contribution in [0.25, 0.3) is 0 Å². The van der Waals surface area contributed by atoms with E-state index in [0.29, 0.717) is 6.54 Å². The van der Waals surface area contributed by atoms with Crippen LogP contribution in [0.5, 0.6) is 0 Å². The molecule has 15 heavy (non-hydrogen) atoms. The lowest BCUT2D eigenvalue weighted by Gasteiger charge is -2.02. The van der Waals surface area contributed by atoms with Gasteiger partial charge in [-0.3, -0.25) is 9.89 Å². The summed E-state index contributed by atoms with van der Waals surface area (Å²) in [5, 5.41) is 12.4. The Kier molecular flexibility index (Phi) is 4.76. The molecule has 6 heteroatoms. The number of hydrogen-bond donors (Lipinski definition) is 3. The maximum atomic E-state index is 11.5. The van der Waals surface area contributed by atoms with E-state index in [4.69, 9.17) is 0 Å². The van der Waals surface area contributed by atoms with Crippen LogP contribution in [0.1, 0.15) is 30.3 Å². The molecule has 0 fully saturated rings. The highest BCUT2D eigenvalue weighted by molar-refractivity contribution is 5.90. The number of hydrogen-bond acceptors (Lipinski definition) is 4. The lowest BCUT2D eigenvalue weighted by molar-refractivity contribution is 0.0944. The van der Waals surface area contributed by atoms with Crippen molar-refractivity contribution in [3.63, 3.8) is 0 Å². The number of carbonyl (C=O) groups is 1. The lowest BCUT2D eigenvalue weighted by Crippen LogP contribution is -2.32. The van der Waals surface area contributed by atoms with E-state index >= 15 is 0 Å². The molecule has 0 bridgehead atoms. The number of nitrogens with one attached hydrogen (secondary N) is 3. The number of aromatic nitrogens is 3.